The van der Waals surface area contributed by atoms with Crippen LogP contribution in [-0.4, -0.2) is 23.3 Å². The van der Waals surface area contributed by atoms with Gasteiger partial charge in [0.1, 0.15) is 15.4 Å². The number of hydrogen-bond donors (Lipinski definition) is 0. The summed E-state index contributed by atoms with van der Waals surface area (Å²) in [6, 6.07) is 7.08. The minimum absolute atomic E-state index is 0.118. The number of ether oxygens (including phenoxy) is 3. The smallest absolute Gasteiger partial charge is 0.324 e. The van der Waals surface area contributed by atoms with E-state index < -0.39 is 0 Å². The first kappa shape index (κ1) is 19.5. The molecule has 24 heavy (non-hydrogen) atoms. The van der Waals surface area contributed by atoms with Gasteiger partial charge in [-0.1, -0.05) is 55.7 Å². The second kappa shape index (κ2) is 9.61. The van der Waals surface area contributed by atoms with E-state index in [1.165, 1.54) is 32.1 Å². The van der Waals surface area contributed by atoms with Crippen LogP contribution in [0.5, 0.6) is 11.5 Å². The summed E-state index contributed by atoms with van der Waals surface area (Å²) in [5.41, 5.74) is 0.301. The molecule has 0 heterocycles. The summed E-state index contributed by atoms with van der Waals surface area (Å²) < 4.78 is 16.5. The van der Waals surface area contributed by atoms with E-state index in [9.17, 15) is 4.79 Å². The average molecular weight is 446 g/mol. The van der Waals surface area contributed by atoms with E-state index in [-0.39, 0.29) is 16.7 Å². The molecule has 4 nitrogen and oxygen atoms in total. The van der Waals surface area contributed by atoms with Gasteiger partial charge in [0.25, 0.3) is 0 Å². The van der Waals surface area contributed by atoms with Crippen LogP contribution in [0.4, 0.5) is 0 Å². The van der Waals surface area contributed by atoms with Crippen molar-refractivity contribution < 1.29 is 19.0 Å². The van der Waals surface area contributed by atoms with Crippen LogP contribution in [0.2, 0.25) is 0 Å². The number of carbonyl (C=O) groups excluding carboxylic acids is 1. The topological polar surface area (TPSA) is 44.8 Å². The lowest BCUT2D eigenvalue weighted by molar-refractivity contribution is -0.133. The van der Waals surface area contributed by atoms with E-state index in [1.54, 1.807) is 24.3 Å². The summed E-state index contributed by atoms with van der Waals surface area (Å²) in [5, 5.41) is 0. The minimum Gasteiger partial charge on any atom is -0.468 e. The second-order valence-electron chi connectivity index (χ2n) is 6.75. The number of halogens is 1. The fourth-order valence-electron chi connectivity index (χ4n) is 2.90. The quantitative estimate of drug-likeness (QED) is 0.139. The van der Waals surface area contributed by atoms with Gasteiger partial charge in [0.05, 0.1) is 6.61 Å². The van der Waals surface area contributed by atoms with E-state index in [0.29, 0.717) is 16.9 Å². The highest BCUT2D eigenvalue weighted by Gasteiger charge is 2.26. The molecule has 1 unspecified atom stereocenters. The second-order valence-corrected chi connectivity index (χ2v) is 8.25. The lowest BCUT2D eigenvalue weighted by Gasteiger charge is -2.33. The van der Waals surface area contributed by atoms with Crippen molar-refractivity contribution in [1.29, 1.82) is 0 Å². The standard InChI is InChI=1S/C19H27IO4/c1-3-17(20)18(21)24-16-9-7-15(8-10-16)23-14-22-13-19(2)11-5-4-6-12-19/h7-10,17H,3-6,11-14H2,1-2H3. The van der Waals surface area contributed by atoms with Crippen LogP contribution < -0.4 is 9.47 Å². The van der Waals surface area contributed by atoms with Crippen LogP contribution in [0.25, 0.3) is 0 Å². The summed E-state index contributed by atoms with van der Waals surface area (Å²) in [6.07, 6.45) is 7.19. The number of hydrogen-bond acceptors (Lipinski definition) is 4. The summed E-state index contributed by atoms with van der Waals surface area (Å²) in [5.74, 6) is 1.04. The Labute approximate surface area is 158 Å². The molecule has 0 aliphatic heterocycles. The summed E-state index contributed by atoms with van der Waals surface area (Å²) in [4.78, 5) is 11.7. The van der Waals surface area contributed by atoms with Gasteiger partial charge in [-0.05, 0) is 48.9 Å². The maximum Gasteiger partial charge on any atom is 0.324 e. The molecule has 0 aromatic heterocycles. The van der Waals surface area contributed by atoms with Crippen molar-refractivity contribution >= 4 is 28.6 Å². The van der Waals surface area contributed by atoms with Crippen LogP contribution in [-0.2, 0) is 9.53 Å². The third kappa shape index (κ3) is 6.24. The molecule has 0 amide bonds. The van der Waals surface area contributed by atoms with Gasteiger partial charge in [-0.15, -0.1) is 0 Å². The predicted molar refractivity (Wildman–Crippen MR) is 103 cm³/mol. The molecule has 1 aliphatic rings. The maximum atomic E-state index is 11.7. The SMILES string of the molecule is CCC(I)C(=O)Oc1ccc(OCOCC2(C)CCCCC2)cc1. The van der Waals surface area contributed by atoms with Gasteiger partial charge in [-0.3, -0.25) is 4.79 Å². The normalized spacial score (nSPS) is 18.0. The Kier molecular flexibility index (Phi) is 7.81. The maximum absolute atomic E-state index is 11.7. The van der Waals surface area contributed by atoms with Crippen molar-refractivity contribution in [3.05, 3.63) is 24.3 Å². The molecule has 0 bridgehead atoms. The van der Waals surface area contributed by atoms with E-state index in [4.69, 9.17) is 14.2 Å². The van der Waals surface area contributed by atoms with Crippen LogP contribution >= 0.6 is 22.6 Å². The molecule has 1 fully saturated rings. The van der Waals surface area contributed by atoms with Gasteiger partial charge in [-0.2, -0.15) is 0 Å². The van der Waals surface area contributed by atoms with E-state index >= 15 is 0 Å². The zero-order valence-electron chi connectivity index (χ0n) is 14.6. The zero-order valence-corrected chi connectivity index (χ0v) is 16.7. The Morgan fingerprint density at radius 1 is 1.17 bits per heavy atom. The van der Waals surface area contributed by atoms with Crippen LogP contribution in [0.1, 0.15) is 52.4 Å². The van der Waals surface area contributed by atoms with E-state index in [1.807, 2.05) is 6.92 Å². The molecule has 2 rings (SSSR count). The lowest BCUT2D eigenvalue weighted by atomic mass is 9.76. The van der Waals surface area contributed by atoms with Gasteiger partial charge in [0.15, 0.2) is 6.79 Å². The molecule has 0 N–H and O–H groups in total. The van der Waals surface area contributed by atoms with Gasteiger partial charge in [0.2, 0.25) is 0 Å². The molecule has 0 saturated heterocycles. The minimum atomic E-state index is -0.212. The Hall–Kier alpha value is -0.820. The van der Waals surface area contributed by atoms with Gasteiger partial charge < -0.3 is 14.2 Å². The first-order chi connectivity index (χ1) is 11.5. The number of carbonyl (C=O) groups is 1. The summed E-state index contributed by atoms with van der Waals surface area (Å²) in [7, 11) is 0. The first-order valence-corrected chi connectivity index (χ1v) is 9.93. The Morgan fingerprint density at radius 2 is 1.79 bits per heavy atom. The Balaban J connectivity index is 1.71. The summed E-state index contributed by atoms with van der Waals surface area (Å²) in [6.45, 7) is 5.26. The van der Waals surface area contributed by atoms with E-state index in [0.717, 1.165) is 13.0 Å². The zero-order chi connectivity index (χ0) is 17.4. The van der Waals surface area contributed by atoms with Crippen molar-refractivity contribution in [3.63, 3.8) is 0 Å². The van der Waals surface area contributed by atoms with Crippen LogP contribution in [0.3, 0.4) is 0 Å². The van der Waals surface area contributed by atoms with Crippen molar-refractivity contribution in [2.45, 2.75) is 56.3 Å². The van der Waals surface area contributed by atoms with Crippen LogP contribution in [0.15, 0.2) is 24.3 Å². The number of rotatable bonds is 8. The molecular formula is C19H27IO4. The highest BCUT2D eigenvalue weighted by Crippen LogP contribution is 2.35. The average Bonchev–Trinajstić information content (AvgIpc) is 2.60. The molecule has 5 heteroatoms. The van der Waals surface area contributed by atoms with Gasteiger partial charge in [-0.25, -0.2) is 0 Å². The lowest BCUT2D eigenvalue weighted by Crippen LogP contribution is -2.27. The third-order valence-corrected chi connectivity index (χ3v) is 5.87. The fraction of sp³-hybridized carbons (Fsp3) is 0.632. The predicted octanol–water partition coefficient (Wildman–Crippen LogP) is 5.13. The fourth-order valence-corrected chi connectivity index (χ4v) is 3.03. The highest BCUT2D eigenvalue weighted by atomic mass is 127. The van der Waals surface area contributed by atoms with Gasteiger partial charge >= 0.3 is 5.97 Å². The molecule has 1 saturated carbocycles. The molecule has 0 spiro atoms. The van der Waals surface area contributed by atoms with Crippen molar-refractivity contribution in [2.75, 3.05) is 13.4 Å². The number of esters is 1. The molecule has 1 aromatic rings. The highest BCUT2D eigenvalue weighted by molar-refractivity contribution is 14.1. The van der Waals surface area contributed by atoms with Gasteiger partial charge in [0, 0.05) is 0 Å². The third-order valence-electron chi connectivity index (χ3n) is 4.48. The van der Waals surface area contributed by atoms with Crippen molar-refractivity contribution in [3.8, 4) is 11.5 Å². The molecule has 134 valence electrons. The van der Waals surface area contributed by atoms with Crippen molar-refractivity contribution in [1.82, 2.24) is 0 Å². The Bertz CT molecular complexity index is 509. The summed E-state index contributed by atoms with van der Waals surface area (Å²) >= 11 is 2.09. The number of alkyl halides is 1. The van der Waals surface area contributed by atoms with E-state index in [2.05, 4.69) is 29.5 Å². The first-order valence-electron chi connectivity index (χ1n) is 8.69. The number of benzene rings is 1. The molecule has 0 radical (unpaired) electrons. The largest absolute Gasteiger partial charge is 0.468 e. The molecule has 1 aliphatic carbocycles. The molecular weight excluding hydrogens is 419 g/mol. The molecule has 1 aromatic carbocycles. The van der Waals surface area contributed by atoms with Crippen molar-refractivity contribution in [2.24, 2.45) is 5.41 Å². The molecule has 1 atom stereocenters. The monoisotopic (exact) mass is 446 g/mol. The Morgan fingerprint density at radius 3 is 2.42 bits per heavy atom. The van der Waals surface area contributed by atoms with Crippen LogP contribution in [0, 0.1) is 5.41 Å².